The van der Waals surface area contributed by atoms with E-state index in [-0.39, 0.29) is 17.6 Å². The molecule has 1 unspecified atom stereocenters. The highest BCUT2D eigenvalue weighted by Crippen LogP contribution is 2.34. The number of amidine groups is 2. The van der Waals surface area contributed by atoms with Gasteiger partial charge in [-0.2, -0.15) is 4.99 Å². The number of benzene rings is 2. The van der Waals surface area contributed by atoms with E-state index in [4.69, 9.17) is 27.7 Å². The zero-order valence-corrected chi connectivity index (χ0v) is 15.0. The predicted octanol–water partition coefficient (Wildman–Crippen LogP) is 2.65. The maximum atomic E-state index is 9.48. The summed E-state index contributed by atoms with van der Waals surface area (Å²) in [4.78, 5) is 13.4. The molecule has 0 spiro atoms. The normalized spacial score (nSPS) is 22.4. The van der Waals surface area contributed by atoms with Crippen LogP contribution in [0.1, 0.15) is 23.1 Å². The van der Waals surface area contributed by atoms with Gasteiger partial charge in [0.15, 0.2) is 11.7 Å². The van der Waals surface area contributed by atoms with Gasteiger partial charge < -0.3 is 5.73 Å². The van der Waals surface area contributed by atoms with E-state index in [9.17, 15) is 5.21 Å². The van der Waals surface area contributed by atoms with Gasteiger partial charge in [0.2, 0.25) is 11.5 Å². The second-order valence-corrected chi connectivity index (χ2v) is 6.76. The number of nitrogens with zero attached hydrogens (tertiary/aromatic N) is 3. The lowest BCUT2D eigenvalue weighted by Crippen LogP contribution is -2.46. The molecule has 136 valence electrons. The Morgan fingerprint density at radius 2 is 1.93 bits per heavy atom. The van der Waals surface area contributed by atoms with Crippen LogP contribution in [0.15, 0.2) is 63.5 Å². The molecule has 0 saturated heterocycles. The van der Waals surface area contributed by atoms with Crippen LogP contribution >= 0.6 is 11.6 Å². The molecule has 5 N–H and O–H groups in total. The number of hydrogen-bond donors (Lipinski definition) is 4. The Balaban J connectivity index is 1.86. The van der Waals surface area contributed by atoms with Crippen molar-refractivity contribution in [2.45, 2.75) is 18.4 Å². The van der Waals surface area contributed by atoms with E-state index in [1.165, 1.54) is 5.56 Å². The molecule has 27 heavy (non-hydrogen) atoms. The SMILES string of the molecule is N=C(NO)C1(c2ccc(Cl)cc2)N=C(N)N=C1N=C1CCc2ccccc21. The molecule has 4 rings (SSSR count). The van der Waals surface area contributed by atoms with Gasteiger partial charge in [0.05, 0.1) is 5.71 Å². The molecule has 0 radical (unpaired) electrons. The van der Waals surface area contributed by atoms with Gasteiger partial charge in [-0.25, -0.2) is 9.98 Å². The molecular formula is C19H17ClN6O. The number of nitrogens with one attached hydrogen (secondary N) is 2. The largest absolute Gasteiger partial charge is 0.368 e. The van der Waals surface area contributed by atoms with Crippen LogP contribution in [0.4, 0.5) is 0 Å². The Labute approximate surface area is 160 Å². The number of hydrogen-bond acceptors (Lipinski definition) is 6. The van der Waals surface area contributed by atoms with Crippen LogP contribution in [-0.2, 0) is 12.0 Å². The molecule has 1 aliphatic carbocycles. The maximum Gasteiger partial charge on any atom is 0.219 e. The van der Waals surface area contributed by atoms with E-state index >= 15 is 0 Å². The van der Waals surface area contributed by atoms with Crippen LogP contribution in [0, 0.1) is 5.41 Å². The molecule has 1 atom stereocenters. The number of aliphatic imine (C=N–C) groups is 3. The second kappa shape index (κ2) is 6.61. The van der Waals surface area contributed by atoms with Crippen molar-refractivity contribution in [1.29, 1.82) is 5.41 Å². The topological polar surface area (TPSA) is 119 Å². The summed E-state index contributed by atoms with van der Waals surface area (Å²) in [7, 11) is 0. The van der Waals surface area contributed by atoms with E-state index in [0.29, 0.717) is 10.6 Å². The molecule has 0 saturated carbocycles. The Bertz CT molecular complexity index is 1010. The minimum absolute atomic E-state index is 0.00409. The molecule has 2 aliphatic rings. The Morgan fingerprint density at radius 3 is 2.67 bits per heavy atom. The first kappa shape index (κ1) is 17.4. The summed E-state index contributed by atoms with van der Waals surface area (Å²) < 4.78 is 0. The zero-order valence-electron chi connectivity index (χ0n) is 14.3. The van der Waals surface area contributed by atoms with Crippen molar-refractivity contribution in [3.05, 3.63) is 70.2 Å². The number of hydroxylamine groups is 1. The van der Waals surface area contributed by atoms with Gasteiger partial charge in [0.25, 0.3) is 0 Å². The third kappa shape index (κ3) is 2.81. The molecular weight excluding hydrogens is 364 g/mol. The molecule has 2 aromatic carbocycles. The standard InChI is InChI=1S/C19H17ClN6O/c20-13-8-6-12(7-9-13)19(16(21)26-27)17(24-18(22)25-19)23-15-10-5-11-3-1-2-4-14(11)15/h1-4,6-9,27H,5,10H2,(H2,21,26)(H2,22,25). The fourth-order valence-corrected chi connectivity index (χ4v) is 3.60. The molecule has 0 bridgehead atoms. The fourth-order valence-electron chi connectivity index (χ4n) is 3.47. The van der Waals surface area contributed by atoms with Crippen molar-refractivity contribution < 1.29 is 5.21 Å². The smallest absolute Gasteiger partial charge is 0.219 e. The van der Waals surface area contributed by atoms with Crippen molar-refractivity contribution in [3.63, 3.8) is 0 Å². The summed E-state index contributed by atoms with van der Waals surface area (Å²) in [6, 6.07) is 14.8. The molecule has 1 aliphatic heterocycles. The van der Waals surface area contributed by atoms with Gasteiger partial charge in [0.1, 0.15) is 0 Å². The minimum atomic E-state index is -1.45. The number of nitrogens with two attached hydrogens (primary N) is 1. The molecule has 8 heteroatoms. The molecule has 0 amide bonds. The number of guanidine groups is 1. The van der Waals surface area contributed by atoms with Crippen LogP contribution in [0.25, 0.3) is 0 Å². The van der Waals surface area contributed by atoms with Crippen LogP contribution < -0.4 is 11.2 Å². The van der Waals surface area contributed by atoms with Crippen molar-refractivity contribution in [2.24, 2.45) is 20.7 Å². The van der Waals surface area contributed by atoms with Crippen LogP contribution in [0.5, 0.6) is 0 Å². The third-order valence-electron chi connectivity index (χ3n) is 4.76. The number of fused-ring (bicyclic) bond motifs is 1. The van der Waals surface area contributed by atoms with E-state index in [1.807, 2.05) is 23.7 Å². The van der Waals surface area contributed by atoms with Crippen LogP contribution in [0.2, 0.25) is 5.02 Å². The first-order valence-electron chi connectivity index (χ1n) is 8.40. The quantitative estimate of drug-likeness (QED) is 0.364. The summed E-state index contributed by atoms with van der Waals surface area (Å²) in [5.41, 5.74) is 10.0. The Hall–Kier alpha value is -3.03. The summed E-state index contributed by atoms with van der Waals surface area (Å²) in [6.45, 7) is 0. The van der Waals surface area contributed by atoms with E-state index < -0.39 is 5.54 Å². The Kier molecular flexibility index (Phi) is 4.25. The minimum Gasteiger partial charge on any atom is -0.368 e. The van der Waals surface area contributed by atoms with Gasteiger partial charge in [-0.15, -0.1) is 0 Å². The first-order chi connectivity index (χ1) is 13.0. The molecule has 0 aromatic heterocycles. The monoisotopic (exact) mass is 380 g/mol. The van der Waals surface area contributed by atoms with E-state index in [2.05, 4.69) is 16.1 Å². The average molecular weight is 381 g/mol. The third-order valence-corrected chi connectivity index (χ3v) is 5.01. The second-order valence-electron chi connectivity index (χ2n) is 6.33. The molecule has 1 heterocycles. The maximum absolute atomic E-state index is 9.48. The van der Waals surface area contributed by atoms with Crippen LogP contribution in [0.3, 0.4) is 0 Å². The number of aryl methyl sites for hydroxylation is 1. The predicted molar refractivity (Wildman–Crippen MR) is 106 cm³/mol. The summed E-state index contributed by atoms with van der Waals surface area (Å²) in [5, 5.41) is 18.3. The van der Waals surface area contributed by atoms with Gasteiger partial charge in [-0.3, -0.25) is 16.1 Å². The van der Waals surface area contributed by atoms with Gasteiger partial charge >= 0.3 is 0 Å². The van der Waals surface area contributed by atoms with Gasteiger partial charge in [0, 0.05) is 5.02 Å². The van der Waals surface area contributed by atoms with Gasteiger partial charge in [-0.1, -0.05) is 48.0 Å². The zero-order chi connectivity index (χ0) is 19.0. The van der Waals surface area contributed by atoms with Gasteiger partial charge in [-0.05, 0) is 41.7 Å². The molecule has 2 aromatic rings. The van der Waals surface area contributed by atoms with E-state index in [1.54, 1.807) is 24.3 Å². The van der Waals surface area contributed by atoms with Crippen molar-refractivity contribution in [1.82, 2.24) is 5.48 Å². The lowest BCUT2D eigenvalue weighted by Gasteiger charge is -2.26. The highest BCUT2D eigenvalue weighted by atomic mass is 35.5. The molecule has 7 nitrogen and oxygen atoms in total. The first-order valence-corrected chi connectivity index (χ1v) is 8.78. The number of rotatable bonds is 2. The summed E-state index contributed by atoms with van der Waals surface area (Å²) >= 11 is 6.00. The van der Waals surface area contributed by atoms with Crippen LogP contribution in [-0.4, -0.2) is 28.5 Å². The fraction of sp³-hybridized carbons (Fsp3) is 0.158. The van der Waals surface area contributed by atoms with E-state index in [0.717, 1.165) is 24.1 Å². The summed E-state index contributed by atoms with van der Waals surface area (Å²) in [6.07, 6.45) is 1.65. The lowest BCUT2D eigenvalue weighted by atomic mass is 9.88. The summed E-state index contributed by atoms with van der Waals surface area (Å²) in [5.74, 6) is -0.0594. The molecule has 0 fully saturated rings. The van der Waals surface area contributed by atoms with Crippen molar-refractivity contribution >= 4 is 34.9 Å². The average Bonchev–Trinajstić information content (AvgIpc) is 3.24. The lowest BCUT2D eigenvalue weighted by molar-refractivity contribution is 0.227. The highest BCUT2D eigenvalue weighted by molar-refractivity contribution is 6.30. The Morgan fingerprint density at radius 1 is 1.19 bits per heavy atom. The van der Waals surface area contributed by atoms with Crippen molar-refractivity contribution in [3.8, 4) is 0 Å². The number of halogens is 1. The van der Waals surface area contributed by atoms with Crippen molar-refractivity contribution in [2.75, 3.05) is 0 Å². The highest BCUT2D eigenvalue weighted by Gasteiger charge is 2.47.